The molecule has 1 rings (SSSR count). The molecule has 1 aromatic rings. The fraction of sp³-hybridized carbons (Fsp3) is 0.364. The summed E-state index contributed by atoms with van der Waals surface area (Å²) >= 11 is 4.86. The molecule has 0 spiro atoms. The topological polar surface area (TPSA) is 68.5 Å². The number of nitrogens with zero attached hydrogens (tertiary/aromatic N) is 2. The third-order valence-corrected chi connectivity index (χ3v) is 2.45. The number of esters is 1. The third kappa shape index (κ3) is 3.67. The van der Waals surface area contributed by atoms with Gasteiger partial charge in [0.1, 0.15) is 17.4 Å². The molecule has 0 unspecified atom stereocenters. The van der Waals surface area contributed by atoms with Crippen molar-refractivity contribution in [1.82, 2.24) is 4.98 Å². The number of thiocarbonyl (C=S) groups is 1. The van der Waals surface area contributed by atoms with Gasteiger partial charge in [-0.1, -0.05) is 18.3 Å². The number of aromatic nitrogens is 1. The molecule has 92 valence electrons. The van der Waals surface area contributed by atoms with E-state index in [0.29, 0.717) is 18.1 Å². The SMILES string of the molecule is CCN(CC(=O)OC)c1cccc(C(N)=S)n1. The highest BCUT2D eigenvalue weighted by atomic mass is 32.1. The predicted molar refractivity (Wildman–Crippen MR) is 70.0 cm³/mol. The number of ether oxygens (including phenoxy) is 1. The van der Waals surface area contributed by atoms with E-state index in [2.05, 4.69) is 9.72 Å². The molecule has 1 aromatic heterocycles. The summed E-state index contributed by atoms with van der Waals surface area (Å²) in [6.45, 7) is 2.72. The van der Waals surface area contributed by atoms with Crippen LogP contribution in [0.1, 0.15) is 12.6 Å². The van der Waals surface area contributed by atoms with Crippen molar-refractivity contribution in [2.45, 2.75) is 6.92 Å². The van der Waals surface area contributed by atoms with Crippen LogP contribution >= 0.6 is 12.2 Å². The van der Waals surface area contributed by atoms with Gasteiger partial charge in [-0.15, -0.1) is 0 Å². The Kier molecular flexibility index (Phi) is 4.84. The van der Waals surface area contributed by atoms with Gasteiger partial charge in [0, 0.05) is 6.54 Å². The molecule has 0 aromatic carbocycles. The number of pyridine rings is 1. The molecule has 0 amide bonds. The van der Waals surface area contributed by atoms with Gasteiger partial charge in [-0.25, -0.2) is 4.98 Å². The Morgan fingerprint density at radius 2 is 2.29 bits per heavy atom. The normalized spacial score (nSPS) is 9.76. The molecule has 17 heavy (non-hydrogen) atoms. The number of carbonyl (C=O) groups is 1. The van der Waals surface area contributed by atoms with Crippen LogP contribution in [0.3, 0.4) is 0 Å². The molecule has 0 atom stereocenters. The van der Waals surface area contributed by atoms with E-state index in [0.717, 1.165) is 0 Å². The monoisotopic (exact) mass is 253 g/mol. The maximum Gasteiger partial charge on any atom is 0.325 e. The first-order chi connectivity index (χ1) is 8.08. The number of hydrogen-bond acceptors (Lipinski definition) is 5. The van der Waals surface area contributed by atoms with Crippen molar-refractivity contribution in [3.05, 3.63) is 23.9 Å². The zero-order valence-corrected chi connectivity index (χ0v) is 10.7. The summed E-state index contributed by atoms with van der Waals surface area (Å²) in [5.41, 5.74) is 6.05. The number of anilines is 1. The van der Waals surface area contributed by atoms with Crippen LogP contribution in [0.2, 0.25) is 0 Å². The van der Waals surface area contributed by atoms with Gasteiger partial charge in [-0.2, -0.15) is 0 Å². The molecule has 0 aliphatic rings. The molecular formula is C11H15N3O2S. The number of likely N-dealkylation sites (N-methyl/N-ethyl adjacent to an activating group) is 1. The lowest BCUT2D eigenvalue weighted by molar-refractivity contribution is -0.138. The highest BCUT2D eigenvalue weighted by molar-refractivity contribution is 7.80. The van der Waals surface area contributed by atoms with E-state index >= 15 is 0 Å². The predicted octanol–water partition coefficient (Wildman–Crippen LogP) is 0.715. The Balaban J connectivity index is 2.91. The van der Waals surface area contributed by atoms with E-state index in [1.54, 1.807) is 23.1 Å². The standard InChI is InChI=1S/C11H15N3O2S/c1-3-14(7-10(15)16-2)9-6-4-5-8(13-9)11(12)17/h4-6H,3,7H2,1-2H3,(H2,12,17). The summed E-state index contributed by atoms with van der Waals surface area (Å²) in [6.07, 6.45) is 0. The molecular weight excluding hydrogens is 238 g/mol. The van der Waals surface area contributed by atoms with Gasteiger partial charge >= 0.3 is 5.97 Å². The van der Waals surface area contributed by atoms with Crippen molar-refractivity contribution in [2.75, 3.05) is 25.1 Å². The van der Waals surface area contributed by atoms with Crippen LogP contribution in [0.4, 0.5) is 5.82 Å². The Bertz CT molecular complexity index is 423. The van der Waals surface area contributed by atoms with Crippen molar-refractivity contribution in [1.29, 1.82) is 0 Å². The molecule has 0 bridgehead atoms. The first-order valence-corrected chi connectivity index (χ1v) is 5.58. The minimum Gasteiger partial charge on any atom is -0.468 e. The fourth-order valence-corrected chi connectivity index (χ4v) is 1.43. The van der Waals surface area contributed by atoms with Crippen LogP contribution in [-0.4, -0.2) is 36.1 Å². The first kappa shape index (κ1) is 13.4. The lowest BCUT2D eigenvalue weighted by Gasteiger charge is -2.20. The number of nitrogens with two attached hydrogens (primary N) is 1. The molecule has 0 aliphatic heterocycles. The second-order valence-corrected chi connectivity index (χ2v) is 3.78. The van der Waals surface area contributed by atoms with Crippen LogP contribution in [0.15, 0.2) is 18.2 Å². The van der Waals surface area contributed by atoms with E-state index in [1.165, 1.54) is 7.11 Å². The maximum absolute atomic E-state index is 11.2. The molecule has 0 aliphatic carbocycles. The summed E-state index contributed by atoms with van der Waals surface area (Å²) in [5, 5.41) is 0. The highest BCUT2D eigenvalue weighted by Crippen LogP contribution is 2.11. The Morgan fingerprint density at radius 3 is 2.82 bits per heavy atom. The summed E-state index contributed by atoms with van der Waals surface area (Å²) in [7, 11) is 1.36. The molecule has 1 heterocycles. The molecule has 6 heteroatoms. The first-order valence-electron chi connectivity index (χ1n) is 5.17. The molecule has 5 nitrogen and oxygen atoms in total. The van der Waals surface area contributed by atoms with Gasteiger partial charge < -0.3 is 15.4 Å². The summed E-state index contributed by atoms with van der Waals surface area (Å²) in [6, 6.07) is 5.34. The van der Waals surface area contributed by atoms with Crippen LogP contribution in [0, 0.1) is 0 Å². The number of hydrogen-bond donors (Lipinski definition) is 1. The quantitative estimate of drug-likeness (QED) is 0.616. The van der Waals surface area contributed by atoms with E-state index < -0.39 is 0 Å². The van der Waals surface area contributed by atoms with Gasteiger partial charge in [0.05, 0.1) is 12.8 Å². The lowest BCUT2D eigenvalue weighted by atomic mass is 10.3. The van der Waals surface area contributed by atoms with E-state index in [4.69, 9.17) is 18.0 Å². The summed E-state index contributed by atoms with van der Waals surface area (Å²) < 4.78 is 4.62. The van der Waals surface area contributed by atoms with Gasteiger partial charge in [0.2, 0.25) is 0 Å². The molecule has 0 fully saturated rings. The van der Waals surface area contributed by atoms with Crippen molar-refractivity contribution in [3.63, 3.8) is 0 Å². The zero-order chi connectivity index (χ0) is 12.8. The Hall–Kier alpha value is -1.69. The number of rotatable bonds is 5. The minimum absolute atomic E-state index is 0.154. The molecule has 0 radical (unpaired) electrons. The van der Waals surface area contributed by atoms with E-state index in [9.17, 15) is 4.79 Å². The second kappa shape index (κ2) is 6.15. The smallest absolute Gasteiger partial charge is 0.325 e. The minimum atomic E-state index is -0.311. The maximum atomic E-state index is 11.2. The molecule has 0 saturated heterocycles. The van der Waals surface area contributed by atoms with Crippen molar-refractivity contribution >= 4 is 29.0 Å². The van der Waals surface area contributed by atoms with Crippen LogP contribution < -0.4 is 10.6 Å². The summed E-state index contributed by atoms with van der Waals surface area (Å²) in [5.74, 6) is 0.345. The number of carbonyl (C=O) groups excluding carboxylic acids is 1. The van der Waals surface area contributed by atoms with Crippen molar-refractivity contribution < 1.29 is 9.53 Å². The van der Waals surface area contributed by atoms with Gasteiger partial charge in [-0.3, -0.25) is 4.79 Å². The molecule has 0 saturated carbocycles. The largest absolute Gasteiger partial charge is 0.468 e. The van der Waals surface area contributed by atoms with Crippen molar-refractivity contribution in [3.8, 4) is 0 Å². The van der Waals surface area contributed by atoms with E-state index in [1.807, 2.05) is 6.92 Å². The van der Waals surface area contributed by atoms with Gasteiger partial charge in [0.15, 0.2) is 0 Å². The average molecular weight is 253 g/mol. The average Bonchev–Trinajstić information content (AvgIpc) is 2.35. The Labute approximate surface area is 106 Å². The highest BCUT2D eigenvalue weighted by Gasteiger charge is 2.12. The van der Waals surface area contributed by atoms with E-state index in [-0.39, 0.29) is 17.5 Å². The van der Waals surface area contributed by atoms with Gasteiger partial charge in [0.25, 0.3) is 0 Å². The molecule has 2 N–H and O–H groups in total. The fourth-order valence-electron chi connectivity index (χ4n) is 1.31. The van der Waals surface area contributed by atoms with Gasteiger partial charge in [-0.05, 0) is 19.1 Å². The summed E-state index contributed by atoms with van der Waals surface area (Å²) in [4.78, 5) is 17.5. The third-order valence-electron chi connectivity index (χ3n) is 2.24. The van der Waals surface area contributed by atoms with Crippen molar-refractivity contribution in [2.24, 2.45) is 5.73 Å². The zero-order valence-electron chi connectivity index (χ0n) is 9.84. The van der Waals surface area contributed by atoms with Crippen LogP contribution in [-0.2, 0) is 9.53 Å². The van der Waals surface area contributed by atoms with Crippen LogP contribution in [0.25, 0.3) is 0 Å². The second-order valence-electron chi connectivity index (χ2n) is 3.34. The Morgan fingerprint density at radius 1 is 1.59 bits per heavy atom. The number of methoxy groups -OCH3 is 1. The van der Waals surface area contributed by atoms with Crippen LogP contribution in [0.5, 0.6) is 0 Å². The lowest BCUT2D eigenvalue weighted by Crippen LogP contribution is -2.31.